The number of aryl methyl sites for hydroxylation is 1. The lowest BCUT2D eigenvalue weighted by molar-refractivity contribution is -0.134. The monoisotopic (exact) mass is 369 g/mol. The van der Waals surface area contributed by atoms with Crippen molar-refractivity contribution < 1.29 is 18.8 Å². The van der Waals surface area contributed by atoms with Gasteiger partial charge in [0.05, 0.1) is 0 Å². The first-order chi connectivity index (χ1) is 12.9. The summed E-state index contributed by atoms with van der Waals surface area (Å²) in [5.74, 6) is -1.51. The first-order valence-electron chi connectivity index (χ1n) is 8.63. The number of carbonyl (C=O) groups is 3. The zero-order valence-corrected chi connectivity index (χ0v) is 15.1. The Morgan fingerprint density at radius 2 is 1.89 bits per heavy atom. The number of hydrogen-bond donors (Lipinski definition) is 2. The molecule has 0 radical (unpaired) electrons. The predicted octanol–water partition coefficient (Wildman–Crippen LogP) is 2.93. The maximum Gasteiger partial charge on any atom is 0.325 e. The topological polar surface area (TPSA) is 78.5 Å². The van der Waals surface area contributed by atoms with Crippen LogP contribution in [0.25, 0.3) is 0 Å². The summed E-state index contributed by atoms with van der Waals surface area (Å²) >= 11 is 0. The Morgan fingerprint density at radius 3 is 2.52 bits per heavy atom. The van der Waals surface area contributed by atoms with Crippen LogP contribution in [0.5, 0.6) is 0 Å². The molecule has 140 valence electrons. The van der Waals surface area contributed by atoms with Gasteiger partial charge >= 0.3 is 6.03 Å². The van der Waals surface area contributed by atoms with Crippen molar-refractivity contribution in [2.45, 2.75) is 25.8 Å². The van der Waals surface area contributed by atoms with Gasteiger partial charge in [0.1, 0.15) is 17.9 Å². The van der Waals surface area contributed by atoms with Crippen LogP contribution in [0.1, 0.15) is 24.5 Å². The fraction of sp³-hybridized carbons (Fsp3) is 0.250. The molecule has 0 unspecified atom stereocenters. The summed E-state index contributed by atoms with van der Waals surface area (Å²) in [5.41, 5.74) is 0.196. The zero-order valence-electron chi connectivity index (χ0n) is 15.1. The maximum atomic E-state index is 13.6. The van der Waals surface area contributed by atoms with Crippen LogP contribution in [0.2, 0.25) is 0 Å². The SMILES string of the molecule is CC[C@]1(c2ccccc2)NC(=O)N(CC(=O)Nc2ccc(C)c(F)c2)C1=O. The van der Waals surface area contributed by atoms with Gasteiger partial charge in [0, 0.05) is 5.69 Å². The lowest BCUT2D eigenvalue weighted by Gasteiger charge is -2.25. The molecule has 0 aliphatic carbocycles. The van der Waals surface area contributed by atoms with Gasteiger partial charge in [0.25, 0.3) is 5.91 Å². The quantitative estimate of drug-likeness (QED) is 0.796. The molecule has 1 fully saturated rings. The number of anilines is 1. The third-order valence-electron chi connectivity index (χ3n) is 4.73. The van der Waals surface area contributed by atoms with E-state index in [-0.39, 0.29) is 5.69 Å². The molecule has 1 saturated heterocycles. The number of carbonyl (C=O) groups excluding carboxylic acids is 3. The number of halogens is 1. The zero-order chi connectivity index (χ0) is 19.6. The molecule has 4 amide bonds. The van der Waals surface area contributed by atoms with Crippen molar-refractivity contribution in [1.29, 1.82) is 0 Å². The van der Waals surface area contributed by atoms with Crippen molar-refractivity contribution >= 4 is 23.5 Å². The molecular formula is C20H20FN3O3. The number of nitrogens with zero attached hydrogens (tertiary/aromatic N) is 1. The minimum atomic E-state index is -1.19. The third kappa shape index (κ3) is 3.40. The van der Waals surface area contributed by atoms with Crippen molar-refractivity contribution in [1.82, 2.24) is 10.2 Å². The van der Waals surface area contributed by atoms with Gasteiger partial charge in [-0.05, 0) is 36.6 Å². The molecule has 1 atom stereocenters. The molecule has 1 heterocycles. The smallest absolute Gasteiger partial charge is 0.324 e. The van der Waals surface area contributed by atoms with E-state index in [2.05, 4.69) is 10.6 Å². The fourth-order valence-electron chi connectivity index (χ4n) is 3.15. The molecule has 6 nitrogen and oxygen atoms in total. The molecule has 27 heavy (non-hydrogen) atoms. The molecule has 7 heteroatoms. The number of nitrogens with one attached hydrogen (secondary N) is 2. The maximum absolute atomic E-state index is 13.6. The second kappa shape index (κ2) is 7.19. The minimum absolute atomic E-state index is 0.264. The van der Waals surface area contributed by atoms with Crippen molar-refractivity contribution in [3.05, 3.63) is 65.5 Å². The van der Waals surface area contributed by atoms with Gasteiger partial charge in [-0.2, -0.15) is 0 Å². The Balaban J connectivity index is 1.77. The highest BCUT2D eigenvalue weighted by Gasteiger charge is 2.51. The first kappa shape index (κ1) is 18.6. The average Bonchev–Trinajstić information content (AvgIpc) is 2.90. The first-order valence-corrected chi connectivity index (χ1v) is 8.63. The summed E-state index contributed by atoms with van der Waals surface area (Å²) < 4.78 is 13.6. The van der Waals surface area contributed by atoms with E-state index >= 15 is 0 Å². The Kier molecular flexibility index (Phi) is 4.94. The molecular weight excluding hydrogens is 349 g/mol. The molecule has 0 spiro atoms. The van der Waals surface area contributed by atoms with Gasteiger partial charge in [-0.3, -0.25) is 14.5 Å². The predicted molar refractivity (Wildman–Crippen MR) is 98.4 cm³/mol. The van der Waals surface area contributed by atoms with E-state index in [0.29, 0.717) is 17.5 Å². The third-order valence-corrected chi connectivity index (χ3v) is 4.73. The summed E-state index contributed by atoms with van der Waals surface area (Å²) in [6.07, 6.45) is 0.350. The number of rotatable bonds is 5. The van der Waals surface area contributed by atoms with E-state index < -0.39 is 35.7 Å². The van der Waals surface area contributed by atoms with Crippen LogP contribution in [0.3, 0.4) is 0 Å². The van der Waals surface area contributed by atoms with Gasteiger partial charge in [-0.25, -0.2) is 9.18 Å². The van der Waals surface area contributed by atoms with Crippen molar-refractivity contribution in [3.63, 3.8) is 0 Å². The number of amides is 4. The molecule has 0 bridgehead atoms. The van der Waals surface area contributed by atoms with Crippen LogP contribution in [0, 0.1) is 12.7 Å². The molecule has 2 aromatic carbocycles. The van der Waals surface area contributed by atoms with E-state index in [1.807, 2.05) is 6.07 Å². The van der Waals surface area contributed by atoms with Gasteiger partial charge in [0.15, 0.2) is 0 Å². The van der Waals surface area contributed by atoms with Crippen molar-refractivity contribution in [3.8, 4) is 0 Å². The lowest BCUT2D eigenvalue weighted by atomic mass is 9.87. The molecule has 2 aromatic rings. The Hall–Kier alpha value is -3.22. The molecule has 1 aliphatic heterocycles. The number of urea groups is 1. The lowest BCUT2D eigenvalue weighted by Crippen LogP contribution is -2.44. The second-order valence-corrected chi connectivity index (χ2v) is 6.46. The minimum Gasteiger partial charge on any atom is -0.324 e. The van der Waals surface area contributed by atoms with Crippen LogP contribution in [0.4, 0.5) is 14.9 Å². The summed E-state index contributed by atoms with van der Waals surface area (Å²) in [4.78, 5) is 38.5. The van der Waals surface area contributed by atoms with E-state index in [1.165, 1.54) is 12.1 Å². The van der Waals surface area contributed by atoms with Crippen LogP contribution in [0.15, 0.2) is 48.5 Å². The molecule has 0 aromatic heterocycles. The summed E-state index contributed by atoms with van der Waals surface area (Å²) in [6, 6.07) is 12.6. The van der Waals surface area contributed by atoms with Crippen molar-refractivity contribution in [2.75, 3.05) is 11.9 Å². The number of benzene rings is 2. The summed E-state index contributed by atoms with van der Waals surface area (Å²) in [7, 11) is 0. The molecule has 1 aliphatic rings. The Bertz CT molecular complexity index is 901. The van der Waals surface area contributed by atoms with E-state index in [9.17, 15) is 18.8 Å². The normalized spacial score (nSPS) is 19.1. The summed E-state index contributed by atoms with van der Waals surface area (Å²) in [5, 5.41) is 5.23. The van der Waals surface area contributed by atoms with Gasteiger partial charge in [-0.15, -0.1) is 0 Å². The van der Waals surface area contributed by atoms with Crippen LogP contribution in [-0.2, 0) is 15.1 Å². The molecule has 2 N–H and O–H groups in total. The second-order valence-electron chi connectivity index (χ2n) is 6.46. The average molecular weight is 369 g/mol. The number of imide groups is 1. The Morgan fingerprint density at radius 1 is 1.19 bits per heavy atom. The van der Waals surface area contributed by atoms with Gasteiger partial charge < -0.3 is 10.6 Å². The van der Waals surface area contributed by atoms with Crippen LogP contribution < -0.4 is 10.6 Å². The van der Waals surface area contributed by atoms with E-state index in [4.69, 9.17) is 0 Å². The number of hydrogen-bond acceptors (Lipinski definition) is 3. The van der Waals surface area contributed by atoms with Crippen LogP contribution in [-0.4, -0.2) is 29.3 Å². The molecule has 0 saturated carbocycles. The largest absolute Gasteiger partial charge is 0.325 e. The van der Waals surface area contributed by atoms with E-state index in [0.717, 1.165) is 4.90 Å². The van der Waals surface area contributed by atoms with Gasteiger partial charge in [-0.1, -0.05) is 43.3 Å². The fourth-order valence-corrected chi connectivity index (χ4v) is 3.15. The van der Waals surface area contributed by atoms with E-state index in [1.54, 1.807) is 44.2 Å². The Labute approximate surface area is 156 Å². The van der Waals surface area contributed by atoms with Crippen molar-refractivity contribution in [2.24, 2.45) is 0 Å². The van der Waals surface area contributed by atoms with Gasteiger partial charge in [0.2, 0.25) is 5.91 Å². The highest BCUT2D eigenvalue weighted by molar-refractivity contribution is 6.10. The highest BCUT2D eigenvalue weighted by Crippen LogP contribution is 2.32. The molecule has 3 rings (SSSR count). The standard InChI is InChI=1S/C20H20FN3O3/c1-3-20(14-7-5-4-6-8-14)18(26)24(19(27)23-20)12-17(25)22-15-10-9-13(2)16(21)11-15/h4-11H,3,12H2,1-2H3,(H,22,25)(H,23,27)/t20-/m1/s1. The highest BCUT2D eigenvalue weighted by atomic mass is 19.1. The van der Waals surface area contributed by atoms with Crippen LogP contribution >= 0.6 is 0 Å². The summed E-state index contributed by atoms with van der Waals surface area (Å²) in [6.45, 7) is 2.96.